The Morgan fingerprint density at radius 1 is 1.24 bits per heavy atom. The number of benzene rings is 1. The minimum Gasteiger partial charge on any atom is -0.426 e. The molecule has 3 heterocycles. The van der Waals surface area contributed by atoms with Gasteiger partial charge >= 0.3 is 0 Å². The van der Waals surface area contributed by atoms with Gasteiger partial charge in [-0.25, -0.2) is 9.37 Å². The summed E-state index contributed by atoms with van der Waals surface area (Å²) in [7, 11) is 0. The molecular weight excluding hydrogens is 481 g/mol. The van der Waals surface area contributed by atoms with Crippen LogP contribution in [0.2, 0.25) is 5.02 Å². The number of thiazole rings is 1. The van der Waals surface area contributed by atoms with Crippen molar-refractivity contribution in [3.05, 3.63) is 74.4 Å². The molecule has 1 fully saturated rings. The lowest BCUT2D eigenvalue weighted by atomic mass is 10.1. The van der Waals surface area contributed by atoms with Crippen LogP contribution in [0.25, 0.3) is 0 Å². The van der Waals surface area contributed by atoms with E-state index in [1.54, 1.807) is 28.5 Å². The van der Waals surface area contributed by atoms with Crippen molar-refractivity contribution in [2.75, 3.05) is 26.2 Å². The molecule has 0 radical (unpaired) electrons. The van der Waals surface area contributed by atoms with Crippen molar-refractivity contribution in [1.82, 2.24) is 19.5 Å². The number of rotatable bonds is 5. The first kappa shape index (κ1) is 25.8. The first-order valence-electron chi connectivity index (χ1n) is 10.9. The summed E-state index contributed by atoms with van der Waals surface area (Å²) in [6.45, 7) is 6.42. The van der Waals surface area contributed by atoms with Crippen LogP contribution in [-0.2, 0) is 13.2 Å². The molecule has 2 N–H and O–H groups in total. The summed E-state index contributed by atoms with van der Waals surface area (Å²) in [5, 5.41) is 21.0. The summed E-state index contributed by atoms with van der Waals surface area (Å²) in [5.41, 5.74) is 1.36. The van der Waals surface area contributed by atoms with E-state index in [4.69, 9.17) is 11.6 Å². The maximum atomic E-state index is 14.2. The highest BCUT2D eigenvalue weighted by molar-refractivity contribution is 7.07. The largest absolute Gasteiger partial charge is 0.426 e. The molecule has 0 aliphatic carbocycles. The van der Waals surface area contributed by atoms with Crippen LogP contribution < -0.4 is 4.80 Å². The zero-order valence-corrected chi connectivity index (χ0v) is 20.6. The molecule has 2 aromatic heterocycles. The Morgan fingerprint density at radius 2 is 1.97 bits per heavy atom. The second-order valence-corrected chi connectivity index (χ2v) is 8.57. The molecule has 0 bridgehead atoms. The van der Waals surface area contributed by atoms with E-state index in [0.29, 0.717) is 48.9 Å². The monoisotopic (exact) mass is 507 g/mol. The van der Waals surface area contributed by atoms with Crippen LogP contribution >= 0.6 is 22.9 Å². The minimum atomic E-state index is -0.696. The number of halogens is 2. The fourth-order valence-electron chi connectivity index (χ4n) is 3.48. The third-order valence-corrected chi connectivity index (χ3v) is 6.15. The topological polar surface area (TPSA) is 94.2 Å². The molecule has 0 atom stereocenters. The van der Waals surface area contributed by atoms with Gasteiger partial charge < -0.3 is 15.2 Å². The maximum Gasteiger partial charge on any atom is 0.256 e. The number of nitrogens with zero attached hydrogens (tertiary/aromatic N) is 5. The number of aliphatic hydroxyl groups is 1. The maximum absolute atomic E-state index is 14.2. The van der Waals surface area contributed by atoms with Crippen LogP contribution in [0.5, 0.6) is 0 Å². The van der Waals surface area contributed by atoms with Crippen LogP contribution in [0.4, 0.5) is 10.2 Å². The first-order chi connectivity index (χ1) is 16.4. The molecular formula is C23H27ClFN5O3S. The van der Waals surface area contributed by atoms with E-state index < -0.39 is 5.82 Å². The van der Waals surface area contributed by atoms with Crippen molar-refractivity contribution in [3.8, 4) is 0 Å². The molecule has 0 unspecified atom stereocenters. The highest BCUT2D eigenvalue weighted by Crippen LogP contribution is 2.21. The molecule has 1 amide bonds. The normalized spacial score (nSPS) is 14.6. The number of aromatic nitrogens is 2. The molecule has 11 heteroatoms. The Bertz CT molecular complexity index is 1190. The number of carbonyl (C=O) groups excluding carboxylic acids is 1. The summed E-state index contributed by atoms with van der Waals surface area (Å²) in [6.07, 6.45) is 1.48. The van der Waals surface area contributed by atoms with Gasteiger partial charge in [-0.3, -0.25) is 9.69 Å². The Morgan fingerprint density at radius 3 is 2.62 bits per heavy atom. The molecule has 8 nitrogen and oxygen atoms in total. The summed E-state index contributed by atoms with van der Waals surface area (Å²) in [5.74, 6) is -0.681. The molecule has 0 spiro atoms. The quantitative estimate of drug-likeness (QED) is 0.514. The summed E-state index contributed by atoms with van der Waals surface area (Å²) in [6, 6.07) is 7.89. The lowest BCUT2D eigenvalue weighted by Gasteiger charge is -2.34. The van der Waals surface area contributed by atoms with Crippen molar-refractivity contribution >= 4 is 34.7 Å². The molecule has 3 aromatic rings. The average molecular weight is 508 g/mol. The molecule has 182 valence electrons. The van der Waals surface area contributed by atoms with Gasteiger partial charge in [0.05, 0.1) is 29.1 Å². The molecule has 34 heavy (non-hydrogen) atoms. The standard InChI is InChI=1S/C21H21ClFN5O3S.C2H6/c22-17-3-1-2-16(19(17)23)20(30)27-6-4-26(5-7-27)12-15-10-14(13-29)11-18(24-15)25-21-28(31)8-9-32-21;1-2/h1-3,8-11,29,31H,4-7,12-13H2;1-2H3/b25-21-;. The van der Waals surface area contributed by atoms with Crippen LogP contribution in [0.15, 0.2) is 46.9 Å². The Kier molecular flexibility index (Phi) is 9.17. The van der Waals surface area contributed by atoms with Gasteiger partial charge in [-0.1, -0.05) is 31.5 Å². The highest BCUT2D eigenvalue weighted by Gasteiger charge is 2.25. The van der Waals surface area contributed by atoms with Crippen LogP contribution in [0.1, 0.15) is 35.5 Å². The van der Waals surface area contributed by atoms with E-state index >= 15 is 0 Å². The summed E-state index contributed by atoms with van der Waals surface area (Å²) in [4.78, 5) is 25.7. The fraction of sp³-hybridized carbons (Fsp3) is 0.348. The van der Waals surface area contributed by atoms with Crippen LogP contribution in [0, 0.1) is 5.82 Å². The average Bonchev–Trinajstić information content (AvgIpc) is 3.26. The Labute approximate surface area is 206 Å². The Hall–Kier alpha value is -2.79. The zero-order valence-electron chi connectivity index (χ0n) is 19.0. The van der Waals surface area contributed by atoms with E-state index in [9.17, 15) is 19.5 Å². The van der Waals surface area contributed by atoms with Gasteiger partial charge in [0.2, 0.25) is 4.80 Å². The van der Waals surface area contributed by atoms with E-state index in [2.05, 4.69) is 14.9 Å². The second kappa shape index (κ2) is 12.1. The number of pyridine rings is 1. The van der Waals surface area contributed by atoms with E-state index in [-0.39, 0.29) is 23.1 Å². The Balaban J connectivity index is 0.00000158. The fourth-order valence-corrected chi connectivity index (χ4v) is 4.27. The molecule has 1 aliphatic rings. The molecule has 1 saturated heterocycles. The molecule has 4 rings (SSSR count). The summed E-state index contributed by atoms with van der Waals surface area (Å²) < 4.78 is 15.1. The third kappa shape index (κ3) is 6.20. The minimum absolute atomic E-state index is 0.0239. The first-order valence-corrected chi connectivity index (χ1v) is 12.2. The van der Waals surface area contributed by atoms with Gasteiger partial charge in [0.25, 0.3) is 5.91 Å². The molecule has 0 saturated carbocycles. The van der Waals surface area contributed by atoms with Crippen molar-refractivity contribution < 1.29 is 19.5 Å². The van der Waals surface area contributed by atoms with Gasteiger partial charge in [-0.2, -0.15) is 9.72 Å². The number of piperazine rings is 1. The van der Waals surface area contributed by atoms with Crippen molar-refractivity contribution in [2.45, 2.75) is 27.0 Å². The van der Waals surface area contributed by atoms with Gasteiger partial charge in [-0.15, -0.1) is 11.3 Å². The van der Waals surface area contributed by atoms with Gasteiger partial charge in [0.15, 0.2) is 11.6 Å². The van der Waals surface area contributed by atoms with Crippen molar-refractivity contribution in [2.24, 2.45) is 4.99 Å². The predicted octanol–water partition coefficient (Wildman–Crippen LogP) is 3.68. The number of aliphatic hydroxyl groups excluding tert-OH is 1. The van der Waals surface area contributed by atoms with E-state index in [0.717, 1.165) is 10.4 Å². The van der Waals surface area contributed by atoms with Gasteiger partial charge in [0.1, 0.15) is 0 Å². The van der Waals surface area contributed by atoms with E-state index in [1.165, 1.54) is 29.7 Å². The van der Waals surface area contributed by atoms with E-state index in [1.807, 2.05) is 13.8 Å². The number of carbonyl (C=O) groups is 1. The second-order valence-electron chi connectivity index (χ2n) is 7.29. The van der Waals surface area contributed by atoms with Crippen molar-refractivity contribution in [1.29, 1.82) is 0 Å². The highest BCUT2D eigenvalue weighted by atomic mass is 35.5. The lowest BCUT2D eigenvalue weighted by Crippen LogP contribution is -2.48. The number of hydrogen-bond acceptors (Lipinski definition) is 7. The van der Waals surface area contributed by atoms with Crippen LogP contribution in [0.3, 0.4) is 0 Å². The predicted molar refractivity (Wildman–Crippen MR) is 129 cm³/mol. The zero-order chi connectivity index (χ0) is 24.7. The van der Waals surface area contributed by atoms with Gasteiger partial charge in [0, 0.05) is 38.1 Å². The van der Waals surface area contributed by atoms with Crippen LogP contribution in [-0.4, -0.2) is 61.9 Å². The van der Waals surface area contributed by atoms with Crippen molar-refractivity contribution in [3.63, 3.8) is 0 Å². The van der Waals surface area contributed by atoms with Gasteiger partial charge in [-0.05, 0) is 29.8 Å². The SMILES string of the molecule is CC.O=C(c1cccc(Cl)c1F)N1CCN(Cc2cc(CO)cc(/N=c3\sccn3O)n2)CC1. The smallest absolute Gasteiger partial charge is 0.256 e. The third-order valence-electron chi connectivity index (χ3n) is 5.12. The molecule has 1 aromatic carbocycles. The lowest BCUT2D eigenvalue weighted by molar-refractivity contribution is 0.0622. The number of amides is 1. The number of hydrogen-bond donors (Lipinski definition) is 2. The summed E-state index contributed by atoms with van der Waals surface area (Å²) >= 11 is 7.06. The molecule has 1 aliphatic heterocycles.